The number of rotatable bonds is 7. The van der Waals surface area contributed by atoms with Crippen LogP contribution in [-0.4, -0.2) is 47.4 Å². The summed E-state index contributed by atoms with van der Waals surface area (Å²) in [6, 6.07) is 19.5. The third-order valence-electron chi connectivity index (χ3n) is 10.1. The van der Waals surface area contributed by atoms with Gasteiger partial charge in [-0.05, 0) is 109 Å². The fourth-order valence-electron chi connectivity index (χ4n) is 8.57. The summed E-state index contributed by atoms with van der Waals surface area (Å²) in [5.74, 6) is 0.377. The van der Waals surface area contributed by atoms with Crippen molar-refractivity contribution in [2.24, 2.45) is 11.8 Å². The molecule has 4 bridgehead atoms. The van der Waals surface area contributed by atoms with E-state index >= 15 is 0 Å². The van der Waals surface area contributed by atoms with E-state index in [1.165, 1.54) is 25.7 Å². The minimum Gasteiger partial charge on any atom is -0.465 e. The number of esters is 1. The quantitative estimate of drug-likeness (QED) is 0.373. The van der Waals surface area contributed by atoms with Crippen LogP contribution in [0.5, 0.6) is 0 Å². The third-order valence-corrected chi connectivity index (χ3v) is 10.1. The van der Waals surface area contributed by atoms with Crippen LogP contribution in [0.1, 0.15) is 70.4 Å². The van der Waals surface area contributed by atoms with Crippen molar-refractivity contribution in [1.82, 2.24) is 15.5 Å². The topological polar surface area (TPSA) is 87.7 Å². The number of nitrogens with zero attached hydrogens (tertiary/aromatic N) is 1. The standard InChI is InChI=1S/C35H36FN3O4/c1-43-33(42)27-8-4-25(5-9-27)24-2-6-26(7-3-24)32(41)38-35-16-22-12-23(17-35)15-34(14-22,21-35)37-18-31(40)39-19-28-10-11-30(36)13-29(28)20-39/h2-11,13,22-23,37H,12,14-21H2,1H3,(H,38,41). The number of benzene rings is 3. The van der Waals surface area contributed by atoms with E-state index < -0.39 is 0 Å². The highest BCUT2D eigenvalue weighted by molar-refractivity contribution is 5.95. The second-order valence-corrected chi connectivity index (χ2v) is 13.1. The summed E-state index contributed by atoms with van der Waals surface area (Å²) < 4.78 is 18.4. The first-order chi connectivity index (χ1) is 20.7. The summed E-state index contributed by atoms with van der Waals surface area (Å²) >= 11 is 0. The van der Waals surface area contributed by atoms with Crippen molar-refractivity contribution in [3.05, 3.63) is 94.8 Å². The Hall–Kier alpha value is -4.04. The summed E-state index contributed by atoms with van der Waals surface area (Å²) in [5, 5.41) is 7.12. The summed E-state index contributed by atoms with van der Waals surface area (Å²) in [6.07, 6.45) is 6.02. The van der Waals surface area contributed by atoms with Crippen LogP contribution in [0.3, 0.4) is 0 Å². The van der Waals surface area contributed by atoms with Crippen LogP contribution in [0.2, 0.25) is 0 Å². The van der Waals surface area contributed by atoms with Crippen LogP contribution in [0.4, 0.5) is 4.39 Å². The molecule has 43 heavy (non-hydrogen) atoms. The summed E-state index contributed by atoms with van der Waals surface area (Å²) in [7, 11) is 1.36. The third kappa shape index (κ3) is 5.33. The molecule has 1 aliphatic heterocycles. The molecule has 0 radical (unpaired) electrons. The SMILES string of the molecule is COC(=O)c1ccc(-c2ccc(C(=O)NC34CC5CC(CC(NCC(=O)N6Cc7ccc(F)cc7C6)(C5)C3)C4)cc2)cc1. The van der Waals surface area contributed by atoms with Gasteiger partial charge in [0.05, 0.1) is 19.2 Å². The zero-order valence-electron chi connectivity index (χ0n) is 24.3. The Morgan fingerprint density at radius 3 is 2.09 bits per heavy atom. The van der Waals surface area contributed by atoms with Crippen LogP contribution >= 0.6 is 0 Å². The smallest absolute Gasteiger partial charge is 0.337 e. The minimum absolute atomic E-state index is 0.0328. The van der Waals surface area contributed by atoms with E-state index in [1.807, 2.05) is 36.4 Å². The molecule has 5 aliphatic rings. The molecule has 8 rings (SSSR count). The molecule has 2 N–H and O–H groups in total. The van der Waals surface area contributed by atoms with Gasteiger partial charge >= 0.3 is 5.97 Å². The highest BCUT2D eigenvalue weighted by Gasteiger charge is 2.58. The lowest BCUT2D eigenvalue weighted by Crippen LogP contribution is -2.69. The number of fused-ring (bicyclic) bond motifs is 1. The molecule has 3 aromatic rings. The first kappa shape index (κ1) is 27.8. The first-order valence-electron chi connectivity index (χ1n) is 15.1. The molecule has 4 saturated carbocycles. The summed E-state index contributed by atoms with van der Waals surface area (Å²) in [5.41, 5.74) is 4.48. The average molecular weight is 582 g/mol. The molecule has 2 unspecified atom stereocenters. The fourth-order valence-corrected chi connectivity index (χ4v) is 8.57. The number of ether oxygens (including phenoxy) is 1. The van der Waals surface area contributed by atoms with Crippen LogP contribution in [0.25, 0.3) is 11.1 Å². The largest absolute Gasteiger partial charge is 0.465 e. The van der Waals surface area contributed by atoms with E-state index in [1.54, 1.807) is 23.1 Å². The minimum atomic E-state index is -0.373. The van der Waals surface area contributed by atoms with Gasteiger partial charge in [0.25, 0.3) is 5.91 Å². The molecular formula is C35H36FN3O4. The molecule has 0 spiro atoms. The van der Waals surface area contributed by atoms with Gasteiger partial charge in [0, 0.05) is 29.7 Å². The number of hydrogen-bond donors (Lipinski definition) is 2. The molecule has 0 aromatic heterocycles. The Morgan fingerprint density at radius 2 is 1.44 bits per heavy atom. The van der Waals surface area contributed by atoms with Crippen molar-refractivity contribution in [2.75, 3.05) is 13.7 Å². The van der Waals surface area contributed by atoms with Gasteiger partial charge in [-0.2, -0.15) is 0 Å². The highest BCUT2D eigenvalue weighted by Crippen LogP contribution is 2.57. The van der Waals surface area contributed by atoms with Gasteiger partial charge < -0.3 is 20.3 Å². The second kappa shape index (κ2) is 10.6. The monoisotopic (exact) mass is 581 g/mol. The van der Waals surface area contributed by atoms with Gasteiger partial charge in [-0.15, -0.1) is 0 Å². The molecule has 2 amide bonds. The Bertz CT molecular complexity index is 1570. The lowest BCUT2D eigenvalue weighted by molar-refractivity contribution is -0.132. The molecule has 4 fully saturated rings. The number of carbonyl (C=O) groups is 3. The summed E-state index contributed by atoms with van der Waals surface area (Å²) in [6.45, 7) is 1.22. The number of carbonyl (C=O) groups excluding carboxylic acids is 3. The molecule has 4 aliphatic carbocycles. The zero-order valence-corrected chi connectivity index (χ0v) is 24.3. The van der Waals surface area contributed by atoms with Gasteiger partial charge in [0.2, 0.25) is 5.91 Å². The average Bonchev–Trinajstić information content (AvgIpc) is 3.42. The number of nitrogens with one attached hydrogen (secondary N) is 2. The Morgan fingerprint density at radius 1 is 0.837 bits per heavy atom. The maximum atomic E-state index is 13.7. The molecule has 3 aromatic carbocycles. The predicted molar refractivity (Wildman–Crippen MR) is 159 cm³/mol. The maximum Gasteiger partial charge on any atom is 0.337 e. The molecule has 2 atom stereocenters. The van der Waals surface area contributed by atoms with Gasteiger partial charge in [-0.25, -0.2) is 9.18 Å². The van der Waals surface area contributed by atoms with Crippen molar-refractivity contribution in [3.63, 3.8) is 0 Å². The lowest BCUT2D eigenvalue weighted by Gasteiger charge is -2.62. The van der Waals surface area contributed by atoms with Crippen molar-refractivity contribution in [2.45, 2.75) is 62.7 Å². The zero-order chi connectivity index (χ0) is 29.8. The predicted octanol–water partition coefficient (Wildman–Crippen LogP) is 5.23. The Balaban J connectivity index is 1.00. The first-order valence-corrected chi connectivity index (χ1v) is 15.1. The molecular weight excluding hydrogens is 545 g/mol. The van der Waals surface area contributed by atoms with E-state index in [-0.39, 0.29) is 41.2 Å². The normalized spacial score (nSPS) is 26.7. The van der Waals surface area contributed by atoms with Gasteiger partial charge in [0.1, 0.15) is 5.82 Å². The van der Waals surface area contributed by atoms with E-state index in [2.05, 4.69) is 10.6 Å². The van der Waals surface area contributed by atoms with Crippen molar-refractivity contribution >= 4 is 17.8 Å². The number of hydrogen-bond acceptors (Lipinski definition) is 5. The summed E-state index contributed by atoms with van der Waals surface area (Å²) in [4.78, 5) is 40.3. The molecule has 8 heteroatoms. The van der Waals surface area contributed by atoms with E-state index in [0.717, 1.165) is 54.4 Å². The maximum absolute atomic E-state index is 13.7. The Labute approximate surface area is 250 Å². The van der Waals surface area contributed by atoms with Crippen LogP contribution < -0.4 is 10.6 Å². The van der Waals surface area contributed by atoms with Crippen molar-refractivity contribution in [1.29, 1.82) is 0 Å². The number of amides is 2. The van der Waals surface area contributed by atoms with E-state index in [4.69, 9.17) is 4.74 Å². The molecule has 1 heterocycles. The van der Waals surface area contributed by atoms with E-state index in [9.17, 15) is 18.8 Å². The van der Waals surface area contributed by atoms with Gasteiger partial charge in [0.15, 0.2) is 0 Å². The van der Waals surface area contributed by atoms with Crippen LogP contribution in [0.15, 0.2) is 66.7 Å². The second-order valence-electron chi connectivity index (χ2n) is 13.1. The fraction of sp³-hybridized carbons (Fsp3) is 0.400. The highest BCUT2D eigenvalue weighted by atomic mass is 19.1. The van der Waals surface area contributed by atoms with Crippen molar-refractivity contribution in [3.8, 4) is 11.1 Å². The van der Waals surface area contributed by atoms with Gasteiger partial charge in [-0.3, -0.25) is 9.59 Å². The Kier molecular flexibility index (Phi) is 6.84. The number of halogens is 1. The van der Waals surface area contributed by atoms with Crippen LogP contribution in [-0.2, 0) is 22.6 Å². The lowest BCUT2D eigenvalue weighted by atomic mass is 9.50. The molecule has 222 valence electrons. The van der Waals surface area contributed by atoms with Gasteiger partial charge in [-0.1, -0.05) is 30.3 Å². The van der Waals surface area contributed by atoms with E-state index in [0.29, 0.717) is 36.1 Å². The molecule has 0 saturated heterocycles. The molecule has 7 nitrogen and oxygen atoms in total. The van der Waals surface area contributed by atoms with Crippen LogP contribution in [0, 0.1) is 17.7 Å². The van der Waals surface area contributed by atoms with Crippen molar-refractivity contribution < 1.29 is 23.5 Å². The number of methoxy groups -OCH3 is 1.